The molecule has 0 spiro atoms. The molecule has 0 heterocycles. The van der Waals surface area contributed by atoms with Gasteiger partial charge in [-0.2, -0.15) is 0 Å². The minimum atomic E-state index is -4.02. The summed E-state index contributed by atoms with van der Waals surface area (Å²) in [5.41, 5.74) is 1.82. The molecule has 0 atom stereocenters. The minimum Gasteiger partial charge on any atom is -0.490 e. The molecule has 1 N–H and O–H groups in total. The van der Waals surface area contributed by atoms with Crippen molar-refractivity contribution in [2.45, 2.75) is 18.7 Å². The van der Waals surface area contributed by atoms with Crippen molar-refractivity contribution in [3.8, 4) is 5.75 Å². The summed E-state index contributed by atoms with van der Waals surface area (Å²) in [6.45, 7) is 3.52. The van der Waals surface area contributed by atoms with Crippen LogP contribution in [-0.4, -0.2) is 34.0 Å². The monoisotopic (exact) mass is 506 g/mol. The van der Waals surface area contributed by atoms with Gasteiger partial charge in [0.15, 0.2) is 0 Å². The second kappa shape index (κ2) is 10.9. The number of amides is 1. The van der Waals surface area contributed by atoms with Crippen molar-refractivity contribution in [3.63, 3.8) is 0 Å². The van der Waals surface area contributed by atoms with E-state index in [-0.39, 0.29) is 18.0 Å². The fourth-order valence-corrected chi connectivity index (χ4v) is 4.94. The molecule has 0 aliphatic rings. The zero-order valence-electron chi connectivity index (χ0n) is 18.2. The Kier molecular flexibility index (Phi) is 8.24. The average Bonchev–Trinajstić information content (AvgIpc) is 2.78. The summed E-state index contributed by atoms with van der Waals surface area (Å²) in [7, 11) is -4.02. The van der Waals surface area contributed by atoms with Gasteiger partial charge in [-0.1, -0.05) is 59.1 Å². The number of aryl methyl sites for hydroxylation is 1. The van der Waals surface area contributed by atoms with E-state index < -0.39 is 22.5 Å². The maximum absolute atomic E-state index is 13.5. The van der Waals surface area contributed by atoms with Crippen molar-refractivity contribution in [1.29, 1.82) is 0 Å². The Hall–Kier alpha value is -2.74. The van der Waals surface area contributed by atoms with Gasteiger partial charge in [-0.05, 0) is 55.8 Å². The minimum absolute atomic E-state index is 0.0855. The molecule has 0 radical (unpaired) electrons. The molecule has 33 heavy (non-hydrogen) atoms. The normalized spacial score (nSPS) is 11.2. The van der Waals surface area contributed by atoms with Crippen LogP contribution in [0.15, 0.2) is 71.6 Å². The van der Waals surface area contributed by atoms with E-state index in [2.05, 4.69) is 5.32 Å². The van der Waals surface area contributed by atoms with Gasteiger partial charge >= 0.3 is 0 Å². The first-order valence-electron chi connectivity index (χ1n) is 10.2. The molecule has 3 aromatic rings. The molecule has 3 rings (SSSR count). The lowest BCUT2D eigenvalue weighted by molar-refractivity contribution is -0.119. The molecule has 3 aromatic carbocycles. The highest BCUT2D eigenvalue weighted by molar-refractivity contribution is 7.92. The molecule has 0 saturated carbocycles. The molecule has 0 unspecified atom stereocenters. The van der Waals surface area contributed by atoms with Crippen molar-refractivity contribution in [2.75, 3.05) is 24.0 Å². The van der Waals surface area contributed by atoms with E-state index in [4.69, 9.17) is 27.9 Å². The van der Waals surface area contributed by atoms with Crippen LogP contribution in [0.3, 0.4) is 0 Å². The number of ether oxygens (including phenoxy) is 1. The van der Waals surface area contributed by atoms with Gasteiger partial charge in [0.05, 0.1) is 22.2 Å². The molecule has 6 nitrogen and oxygen atoms in total. The van der Waals surface area contributed by atoms with E-state index in [1.54, 1.807) is 61.5 Å². The third-order valence-corrected chi connectivity index (χ3v) is 7.42. The number of hydrogen-bond acceptors (Lipinski definition) is 4. The summed E-state index contributed by atoms with van der Waals surface area (Å²) < 4.78 is 33.6. The van der Waals surface area contributed by atoms with Crippen molar-refractivity contribution in [2.24, 2.45) is 0 Å². The number of nitrogens with zero attached hydrogens (tertiary/aromatic N) is 1. The van der Waals surface area contributed by atoms with Gasteiger partial charge in [-0.15, -0.1) is 0 Å². The number of benzene rings is 3. The van der Waals surface area contributed by atoms with Crippen LogP contribution in [0.1, 0.15) is 11.1 Å². The molecule has 0 fully saturated rings. The average molecular weight is 507 g/mol. The molecule has 0 aromatic heterocycles. The smallest absolute Gasteiger partial charge is 0.264 e. The van der Waals surface area contributed by atoms with Crippen LogP contribution >= 0.6 is 23.2 Å². The number of anilines is 1. The van der Waals surface area contributed by atoms with Crippen molar-refractivity contribution >= 4 is 44.8 Å². The van der Waals surface area contributed by atoms with E-state index in [0.29, 0.717) is 27.0 Å². The molecular weight excluding hydrogens is 483 g/mol. The summed E-state index contributed by atoms with van der Waals surface area (Å²) in [4.78, 5) is 12.8. The van der Waals surface area contributed by atoms with Gasteiger partial charge < -0.3 is 10.1 Å². The first kappa shape index (κ1) is 24.9. The first-order chi connectivity index (χ1) is 15.7. The first-order valence-corrected chi connectivity index (χ1v) is 12.4. The van der Waals surface area contributed by atoms with Crippen LogP contribution in [0.4, 0.5) is 5.69 Å². The van der Waals surface area contributed by atoms with Crippen LogP contribution in [0.5, 0.6) is 5.75 Å². The lowest BCUT2D eigenvalue weighted by Crippen LogP contribution is -2.42. The SMILES string of the molecule is Cc1ccc(S(=O)(=O)N(CC(=O)NCCOc2ccccc2Cl)c2cccc(Cl)c2C)cc1. The number of carbonyl (C=O) groups is 1. The van der Waals surface area contributed by atoms with E-state index in [1.165, 1.54) is 12.1 Å². The second-order valence-electron chi connectivity index (χ2n) is 7.34. The highest BCUT2D eigenvalue weighted by Gasteiger charge is 2.28. The summed E-state index contributed by atoms with van der Waals surface area (Å²) in [5, 5.41) is 3.57. The zero-order valence-corrected chi connectivity index (χ0v) is 20.5. The summed E-state index contributed by atoms with van der Waals surface area (Å²) in [6, 6.07) is 18.4. The molecule has 174 valence electrons. The van der Waals surface area contributed by atoms with Crippen LogP contribution < -0.4 is 14.4 Å². The highest BCUT2D eigenvalue weighted by Crippen LogP contribution is 2.31. The molecular formula is C24H24Cl2N2O4S. The van der Waals surface area contributed by atoms with E-state index in [9.17, 15) is 13.2 Å². The van der Waals surface area contributed by atoms with Gasteiger partial charge in [0.2, 0.25) is 5.91 Å². The second-order valence-corrected chi connectivity index (χ2v) is 10.0. The third kappa shape index (κ3) is 6.19. The molecule has 1 amide bonds. The number of carbonyl (C=O) groups excluding carboxylic acids is 1. The van der Waals surface area contributed by atoms with Crippen LogP contribution in [0, 0.1) is 13.8 Å². The largest absolute Gasteiger partial charge is 0.490 e. The van der Waals surface area contributed by atoms with Crippen molar-refractivity contribution in [1.82, 2.24) is 5.32 Å². The summed E-state index contributed by atoms with van der Waals surface area (Å²) in [6.07, 6.45) is 0. The zero-order chi connectivity index (χ0) is 24.0. The Morgan fingerprint density at radius 3 is 2.30 bits per heavy atom. The Morgan fingerprint density at radius 1 is 0.939 bits per heavy atom. The van der Waals surface area contributed by atoms with E-state index >= 15 is 0 Å². The lowest BCUT2D eigenvalue weighted by atomic mass is 10.2. The van der Waals surface area contributed by atoms with Crippen LogP contribution in [0.25, 0.3) is 0 Å². The summed E-state index contributed by atoms with van der Waals surface area (Å²) >= 11 is 12.3. The third-order valence-electron chi connectivity index (χ3n) is 4.92. The highest BCUT2D eigenvalue weighted by atomic mass is 35.5. The van der Waals surface area contributed by atoms with Gasteiger partial charge in [-0.25, -0.2) is 8.42 Å². The Labute approximate surface area is 204 Å². The van der Waals surface area contributed by atoms with Gasteiger partial charge in [0, 0.05) is 5.02 Å². The number of halogens is 2. The fourth-order valence-electron chi connectivity index (χ4n) is 3.10. The number of nitrogens with one attached hydrogen (secondary N) is 1. The maximum atomic E-state index is 13.5. The molecule has 0 aliphatic heterocycles. The van der Waals surface area contributed by atoms with Crippen LogP contribution in [-0.2, 0) is 14.8 Å². The van der Waals surface area contributed by atoms with Gasteiger partial charge in [0.25, 0.3) is 10.0 Å². The molecule has 9 heteroatoms. The topological polar surface area (TPSA) is 75.7 Å². The predicted molar refractivity (Wildman–Crippen MR) is 132 cm³/mol. The molecule has 0 aliphatic carbocycles. The standard InChI is InChI=1S/C24H24Cl2N2O4S/c1-17-10-12-19(13-11-17)33(30,31)28(22-8-5-7-20(25)18(22)2)16-24(29)27-14-15-32-23-9-4-3-6-21(23)26/h3-13H,14-16H2,1-2H3,(H,27,29). The number of rotatable bonds is 9. The van der Waals surface area contributed by atoms with E-state index in [0.717, 1.165) is 9.87 Å². The van der Waals surface area contributed by atoms with Crippen molar-refractivity contribution in [3.05, 3.63) is 87.9 Å². The Morgan fingerprint density at radius 2 is 1.61 bits per heavy atom. The Balaban J connectivity index is 1.77. The Bertz CT molecular complexity index is 1230. The molecule has 0 saturated heterocycles. The maximum Gasteiger partial charge on any atom is 0.264 e. The lowest BCUT2D eigenvalue weighted by Gasteiger charge is -2.26. The predicted octanol–water partition coefficient (Wildman–Crippen LogP) is 5.00. The number of hydrogen-bond donors (Lipinski definition) is 1. The number of para-hydroxylation sites is 1. The van der Waals surface area contributed by atoms with Gasteiger partial charge in [-0.3, -0.25) is 9.10 Å². The fraction of sp³-hybridized carbons (Fsp3) is 0.208. The summed E-state index contributed by atoms with van der Waals surface area (Å²) in [5.74, 6) is 0.0272. The van der Waals surface area contributed by atoms with E-state index in [1.807, 2.05) is 6.92 Å². The van der Waals surface area contributed by atoms with Crippen molar-refractivity contribution < 1.29 is 17.9 Å². The number of sulfonamides is 1. The molecule has 0 bridgehead atoms. The van der Waals surface area contributed by atoms with Gasteiger partial charge in [0.1, 0.15) is 18.9 Å². The quantitative estimate of drug-likeness (QED) is 0.414. The van der Waals surface area contributed by atoms with Crippen LogP contribution in [0.2, 0.25) is 10.0 Å².